The molecule has 124 valence electrons. The number of hydrogen-bond donors (Lipinski definition) is 1. The lowest BCUT2D eigenvalue weighted by atomic mass is 10.1. The lowest BCUT2D eigenvalue weighted by Gasteiger charge is -2.05. The van der Waals surface area contributed by atoms with Gasteiger partial charge in [0.2, 0.25) is 17.4 Å². The molecule has 0 bridgehead atoms. The van der Waals surface area contributed by atoms with Crippen molar-refractivity contribution in [2.45, 2.75) is 6.54 Å². The van der Waals surface area contributed by atoms with Gasteiger partial charge < -0.3 is 5.11 Å². The van der Waals surface area contributed by atoms with Crippen LogP contribution in [0.25, 0.3) is 21.8 Å². The first kappa shape index (κ1) is 15.3. The predicted molar refractivity (Wildman–Crippen MR) is 93.2 cm³/mol. The second-order valence-corrected chi connectivity index (χ2v) is 5.98. The number of halogens is 1. The average Bonchev–Trinajstić information content (AvgIpc) is 2.94. The van der Waals surface area contributed by atoms with Crippen molar-refractivity contribution in [1.29, 1.82) is 0 Å². The third-order valence-corrected chi connectivity index (χ3v) is 4.45. The monoisotopic (exact) mass is 336 g/mol. The van der Waals surface area contributed by atoms with Gasteiger partial charge in [-0.1, -0.05) is 42.5 Å². The highest BCUT2D eigenvalue weighted by atomic mass is 19.1. The molecule has 0 saturated heterocycles. The van der Waals surface area contributed by atoms with Crippen LogP contribution in [0.4, 0.5) is 10.1 Å². The molecule has 25 heavy (non-hydrogen) atoms. The van der Waals surface area contributed by atoms with E-state index in [2.05, 4.69) is 5.18 Å². The first-order valence-electron chi connectivity index (χ1n) is 7.80. The summed E-state index contributed by atoms with van der Waals surface area (Å²) in [7, 11) is 1.77. The Kier molecular flexibility index (Phi) is 3.46. The standard InChI is InChI=1S/C19H14FN3O2/c1-22-11-23(10-12-6-2-5-9-15(12)20)18-17(22)16(21-25)13-7-3-4-8-14(13)19(18)24/h2-9,11H,10H2,1H3/p+1. The molecule has 0 fully saturated rings. The Hall–Kier alpha value is -3.28. The van der Waals surface area contributed by atoms with Gasteiger partial charge in [-0.25, -0.2) is 13.5 Å². The summed E-state index contributed by atoms with van der Waals surface area (Å²) in [5, 5.41) is 15.1. The van der Waals surface area contributed by atoms with E-state index in [0.717, 1.165) is 0 Å². The molecule has 0 spiro atoms. The van der Waals surface area contributed by atoms with E-state index in [1.807, 2.05) is 0 Å². The first-order chi connectivity index (χ1) is 12.1. The largest absolute Gasteiger partial charge is 0.503 e. The smallest absolute Gasteiger partial charge is 0.244 e. The van der Waals surface area contributed by atoms with E-state index in [1.54, 1.807) is 65.0 Å². The molecule has 4 aromatic rings. The van der Waals surface area contributed by atoms with Gasteiger partial charge in [0.15, 0.2) is 11.4 Å². The average molecular weight is 336 g/mol. The number of imidazole rings is 1. The third-order valence-electron chi connectivity index (χ3n) is 4.45. The predicted octanol–water partition coefficient (Wildman–Crippen LogP) is 3.91. The SMILES string of the molecule is C[n+]1cn(Cc2ccccc2F)c2c(O)c3ccccc3c(N=O)c21. The van der Waals surface area contributed by atoms with Crippen LogP contribution in [0, 0.1) is 10.7 Å². The number of rotatable bonds is 3. The van der Waals surface area contributed by atoms with Crippen molar-refractivity contribution in [1.82, 2.24) is 4.57 Å². The highest BCUT2D eigenvalue weighted by Crippen LogP contribution is 2.40. The Balaban J connectivity index is 2.06. The lowest BCUT2D eigenvalue weighted by Crippen LogP contribution is -2.25. The van der Waals surface area contributed by atoms with Gasteiger partial charge in [0.1, 0.15) is 12.4 Å². The zero-order valence-corrected chi connectivity index (χ0v) is 13.5. The molecule has 3 aromatic carbocycles. The molecular formula is C19H15FN3O2+. The summed E-state index contributed by atoms with van der Waals surface area (Å²) in [4.78, 5) is 11.5. The van der Waals surface area contributed by atoms with Gasteiger partial charge in [0.25, 0.3) is 0 Å². The zero-order valence-electron chi connectivity index (χ0n) is 13.5. The van der Waals surface area contributed by atoms with Crippen molar-refractivity contribution < 1.29 is 14.1 Å². The third kappa shape index (κ3) is 2.26. The van der Waals surface area contributed by atoms with E-state index in [-0.39, 0.29) is 23.8 Å². The maximum atomic E-state index is 14.0. The minimum Gasteiger partial charge on any atom is -0.503 e. The van der Waals surface area contributed by atoms with Crippen molar-refractivity contribution in [3.05, 3.63) is 71.1 Å². The van der Waals surface area contributed by atoms with E-state index in [4.69, 9.17) is 0 Å². The van der Waals surface area contributed by atoms with Crippen molar-refractivity contribution in [3.8, 4) is 5.75 Å². The summed E-state index contributed by atoms with van der Waals surface area (Å²) >= 11 is 0. The van der Waals surface area contributed by atoms with Crippen LogP contribution >= 0.6 is 0 Å². The van der Waals surface area contributed by atoms with E-state index in [0.29, 0.717) is 27.4 Å². The summed E-state index contributed by atoms with van der Waals surface area (Å²) < 4.78 is 17.5. The minimum absolute atomic E-state index is 0.0509. The van der Waals surface area contributed by atoms with Crippen molar-refractivity contribution in [2.24, 2.45) is 12.2 Å². The van der Waals surface area contributed by atoms with Gasteiger partial charge >= 0.3 is 0 Å². The Morgan fingerprint density at radius 2 is 1.80 bits per heavy atom. The molecule has 4 rings (SSSR count). The van der Waals surface area contributed by atoms with Crippen LogP contribution in [0.15, 0.2) is 60.0 Å². The number of hydrogen-bond acceptors (Lipinski definition) is 3. The summed E-state index contributed by atoms with van der Waals surface area (Å²) in [6, 6.07) is 13.5. The van der Waals surface area contributed by atoms with Crippen LogP contribution in [-0.4, -0.2) is 9.67 Å². The van der Waals surface area contributed by atoms with Crippen molar-refractivity contribution >= 4 is 27.5 Å². The first-order valence-corrected chi connectivity index (χ1v) is 7.80. The molecule has 0 radical (unpaired) electrons. The number of aromatic nitrogens is 2. The second-order valence-electron chi connectivity index (χ2n) is 5.98. The normalized spacial score (nSPS) is 11.3. The molecule has 1 aromatic heterocycles. The number of nitrogens with zero attached hydrogens (tertiary/aromatic N) is 3. The Labute approximate surface area is 142 Å². The lowest BCUT2D eigenvalue weighted by molar-refractivity contribution is -0.645. The van der Waals surface area contributed by atoms with E-state index in [9.17, 15) is 14.4 Å². The number of aryl methyl sites for hydroxylation is 1. The molecule has 0 aliphatic carbocycles. The molecule has 5 nitrogen and oxygen atoms in total. The molecule has 0 aliphatic rings. The topological polar surface area (TPSA) is 58.5 Å². The molecule has 1 heterocycles. The number of fused-ring (bicyclic) bond motifs is 2. The second kappa shape index (κ2) is 5.66. The number of phenols is 1. The molecule has 0 saturated carbocycles. The van der Waals surface area contributed by atoms with E-state index >= 15 is 0 Å². The molecule has 0 aliphatic heterocycles. The van der Waals surface area contributed by atoms with Crippen LogP contribution in [0.2, 0.25) is 0 Å². The van der Waals surface area contributed by atoms with Gasteiger partial charge in [-0.2, -0.15) is 0 Å². The highest BCUT2D eigenvalue weighted by Gasteiger charge is 2.26. The van der Waals surface area contributed by atoms with Crippen LogP contribution < -0.4 is 4.57 Å². The molecule has 0 atom stereocenters. The maximum Gasteiger partial charge on any atom is 0.244 e. The van der Waals surface area contributed by atoms with Gasteiger partial charge in [-0.05, 0) is 11.2 Å². The summed E-state index contributed by atoms with van der Waals surface area (Å²) in [5.41, 5.74) is 1.73. The molecule has 0 unspecified atom stereocenters. The Bertz CT molecular complexity index is 1130. The summed E-state index contributed by atoms with van der Waals surface area (Å²) in [6.07, 6.45) is 1.73. The van der Waals surface area contributed by atoms with Gasteiger partial charge in [-0.3, -0.25) is 0 Å². The fourth-order valence-electron chi connectivity index (χ4n) is 3.33. The molecule has 6 heteroatoms. The fourth-order valence-corrected chi connectivity index (χ4v) is 3.33. The maximum absolute atomic E-state index is 14.0. The van der Waals surface area contributed by atoms with Gasteiger partial charge in [-0.15, -0.1) is 4.91 Å². The zero-order chi connectivity index (χ0) is 17.6. The van der Waals surface area contributed by atoms with Crippen molar-refractivity contribution in [2.75, 3.05) is 0 Å². The Morgan fingerprint density at radius 1 is 1.12 bits per heavy atom. The Morgan fingerprint density at radius 3 is 2.52 bits per heavy atom. The highest BCUT2D eigenvalue weighted by molar-refractivity contribution is 6.10. The van der Waals surface area contributed by atoms with Crippen molar-refractivity contribution in [3.63, 3.8) is 0 Å². The number of nitroso groups, excluding NO2 is 1. The van der Waals surface area contributed by atoms with Crippen LogP contribution in [0.1, 0.15) is 5.56 Å². The summed E-state index contributed by atoms with van der Waals surface area (Å²) in [5.74, 6) is -0.268. The molecular weight excluding hydrogens is 321 g/mol. The molecule has 0 amide bonds. The van der Waals surface area contributed by atoms with Crippen LogP contribution in [0.3, 0.4) is 0 Å². The number of benzene rings is 3. The number of aromatic hydroxyl groups is 1. The summed E-state index contributed by atoms with van der Waals surface area (Å²) in [6.45, 7) is 0.230. The van der Waals surface area contributed by atoms with Crippen LogP contribution in [-0.2, 0) is 13.6 Å². The van der Waals surface area contributed by atoms with Gasteiger partial charge in [0.05, 0.1) is 7.05 Å². The van der Waals surface area contributed by atoms with Crippen LogP contribution in [0.5, 0.6) is 5.75 Å². The number of phenolic OH excluding ortho intramolecular Hbond substituents is 1. The minimum atomic E-state index is -0.319. The fraction of sp³-hybridized carbons (Fsp3) is 0.105. The van der Waals surface area contributed by atoms with E-state index < -0.39 is 0 Å². The van der Waals surface area contributed by atoms with E-state index in [1.165, 1.54) is 6.07 Å². The quantitative estimate of drug-likeness (QED) is 0.455. The van der Waals surface area contributed by atoms with Gasteiger partial charge in [0, 0.05) is 16.3 Å². The molecule has 1 N–H and O–H groups in total.